The Kier molecular flexibility index (Phi) is 5.46. The molecule has 1 aliphatic carbocycles. The molecule has 5 nitrogen and oxygen atoms in total. The molecule has 3 heterocycles. The van der Waals surface area contributed by atoms with Crippen molar-refractivity contribution in [2.45, 2.75) is 25.4 Å². The predicted octanol–water partition coefficient (Wildman–Crippen LogP) is 6.59. The molecule has 1 saturated carbocycles. The molecular formula is C25H20F2N4O. The summed E-state index contributed by atoms with van der Waals surface area (Å²) in [6.07, 6.45) is 5.49. The molecule has 0 atom stereocenters. The fourth-order valence-electron chi connectivity index (χ4n) is 3.48. The Morgan fingerprint density at radius 1 is 0.938 bits per heavy atom. The minimum absolute atomic E-state index is 0.286. The zero-order valence-corrected chi connectivity index (χ0v) is 17.1. The molecule has 6 rings (SSSR count). The highest BCUT2D eigenvalue weighted by Crippen LogP contribution is 2.35. The third-order valence-corrected chi connectivity index (χ3v) is 5.45. The Labute approximate surface area is 183 Å². The van der Waals surface area contributed by atoms with E-state index in [1.165, 1.54) is 18.5 Å². The average Bonchev–Trinajstić information content (AvgIpc) is 3.46. The van der Waals surface area contributed by atoms with Gasteiger partial charge in [0.1, 0.15) is 24.1 Å². The van der Waals surface area contributed by atoms with Crippen LogP contribution < -0.4 is 0 Å². The number of nitrogens with zero attached hydrogens (tertiary/aromatic N) is 3. The minimum Gasteiger partial charge on any atom is -0.438 e. The number of benzene rings is 2. The number of alkyl halides is 1. The maximum absolute atomic E-state index is 13.3. The zero-order chi connectivity index (χ0) is 21.9. The number of H-pyrrole nitrogens is 1. The van der Waals surface area contributed by atoms with Gasteiger partial charge in [0, 0.05) is 16.7 Å². The molecule has 1 aliphatic rings. The van der Waals surface area contributed by atoms with Crippen LogP contribution in [0.15, 0.2) is 77.6 Å². The van der Waals surface area contributed by atoms with E-state index in [2.05, 4.69) is 20.2 Å². The topological polar surface area (TPSA) is 67.6 Å². The van der Waals surface area contributed by atoms with Gasteiger partial charge in [-0.15, -0.1) is 0 Å². The van der Waals surface area contributed by atoms with E-state index in [1.54, 1.807) is 18.3 Å². The normalized spacial score (nSPS) is 13.4. The largest absolute Gasteiger partial charge is 0.438 e. The van der Waals surface area contributed by atoms with Gasteiger partial charge in [-0.2, -0.15) is 5.10 Å². The summed E-state index contributed by atoms with van der Waals surface area (Å²) in [5.41, 5.74) is 4.56. The van der Waals surface area contributed by atoms with Gasteiger partial charge in [0.25, 0.3) is 0 Å². The molecular weight excluding hydrogens is 410 g/mol. The number of furan rings is 1. The number of fused-ring (bicyclic) bond motifs is 1. The van der Waals surface area contributed by atoms with Gasteiger partial charge in [0.2, 0.25) is 5.71 Å². The highest BCUT2D eigenvalue weighted by atomic mass is 19.1. The summed E-state index contributed by atoms with van der Waals surface area (Å²) in [5, 5.41) is 7.93. The lowest BCUT2D eigenvalue weighted by molar-refractivity contribution is 0.211. The molecule has 2 aromatic carbocycles. The number of nitrogens with one attached hydrogen (secondary N) is 1. The van der Waals surface area contributed by atoms with E-state index in [0.717, 1.165) is 52.8 Å². The number of hydrogen-bond acceptors (Lipinski definition) is 4. The SMILES string of the molecule is FC1CCC1.Fc1ccc(-c2[nH]ncc2-c2ncnc3oc(-c4ccccc4)cc23)cc1. The number of aromatic nitrogens is 4. The average molecular weight is 430 g/mol. The van der Waals surface area contributed by atoms with Gasteiger partial charge in [-0.3, -0.25) is 5.10 Å². The Bertz CT molecular complexity index is 1330. The summed E-state index contributed by atoms with van der Waals surface area (Å²) >= 11 is 0. The molecule has 32 heavy (non-hydrogen) atoms. The van der Waals surface area contributed by atoms with Crippen molar-refractivity contribution in [3.05, 3.63) is 79.0 Å². The summed E-state index contributed by atoms with van der Waals surface area (Å²) in [6.45, 7) is 0. The standard InChI is InChI=1S/C21H13FN4O.C4H7F/c22-15-8-6-14(7-9-15)19-17(11-25-26-19)20-16-10-18(13-4-2-1-3-5-13)27-21(16)24-12-23-20;5-4-2-1-3-4/h1-12H,(H,25,26);4H,1-3H2. The van der Waals surface area contributed by atoms with Crippen molar-refractivity contribution in [3.63, 3.8) is 0 Å². The van der Waals surface area contributed by atoms with Gasteiger partial charge in [-0.25, -0.2) is 18.7 Å². The van der Waals surface area contributed by atoms with E-state index < -0.39 is 6.17 Å². The second kappa shape index (κ2) is 8.70. The molecule has 0 saturated heterocycles. The highest BCUT2D eigenvalue weighted by molar-refractivity contribution is 5.95. The summed E-state index contributed by atoms with van der Waals surface area (Å²) in [7, 11) is 0. The number of halogens is 2. The maximum Gasteiger partial charge on any atom is 0.230 e. The van der Waals surface area contributed by atoms with Gasteiger partial charge >= 0.3 is 0 Å². The van der Waals surface area contributed by atoms with E-state index in [4.69, 9.17) is 4.42 Å². The van der Waals surface area contributed by atoms with Crippen molar-refractivity contribution < 1.29 is 13.2 Å². The van der Waals surface area contributed by atoms with E-state index in [9.17, 15) is 8.78 Å². The number of hydrogen-bond donors (Lipinski definition) is 1. The summed E-state index contributed by atoms with van der Waals surface area (Å²) in [5.74, 6) is 0.436. The Morgan fingerprint density at radius 2 is 1.69 bits per heavy atom. The molecule has 3 aromatic heterocycles. The van der Waals surface area contributed by atoms with Crippen LogP contribution in [0.3, 0.4) is 0 Å². The Morgan fingerprint density at radius 3 is 2.38 bits per heavy atom. The van der Waals surface area contributed by atoms with Crippen LogP contribution in [0.4, 0.5) is 8.78 Å². The van der Waals surface area contributed by atoms with Gasteiger partial charge in [-0.05, 0) is 49.6 Å². The zero-order valence-electron chi connectivity index (χ0n) is 17.1. The van der Waals surface area contributed by atoms with E-state index >= 15 is 0 Å². The molecule has 7 heteroatoms. The van der Waals surface area contributed by atoms with Crippen LogP contribution in [0.2, 0.25) is 0 Å². The van der Waals surface area contributed by atoms with Crippen LogP contribution in [0.1, 0.15) is 19.3 Å². The fraction of sp³-hybridized carbons (Fsp3) is 0.160. The monoisotopic (exact) mass is 430 g/mol. The molecule has 1 N–H and O–H groups in total. The lowest BCUT2D eigenvalue weighted by Crippen LogP contribution is -2.09. The van der Waals surface area contributed by atoms with Crippen LogP contribution in [-0.4, -0.2) is 26.3 Å². The first kappa shape index (κ1) is 20.1. The first-order valence-corrected chi connectivity index (χ1v) is 10.4. The summed E-state index contributed by atoms with van der Waals surface area (Å²) in [4.78, 5) is 8.71. The van der Waals surface area contributed by atoms with Gasteiger partial charge in [0.15, 0.2) is 0 Å². The van der Waals surface area contributed by atoms with Crippen molar-refractivity contribution in [1.82, 2.24) is 20.2 Å². The molecule has 0 aliphatic heterocycles. The van der Waals surface area contributed by atoms with Gasteiger partial charge in [-0.1, -0.05) is 30.3 Å². The van der Waals surface area contributed by atoms with Crippen LogP contribution in [0.25, 0.3) is 44.9 Å². The number of rotatable bonds is 3. The quantitative estimate of drug-likeness (QED) is 0.350. The van der Waals surface area contributed by atoms with Crippen LogP contribution in [0.5, 0.6) is 0 Å². The van der Waals surface area contributed by atoms with Gasteiger partial charge in [0.05, 0.1) is 23.0 Å². The Hall–Kier alpha value is -3.87. The summed E-state index contributed by atoms with van der Waals surface area (Å²) < 4.78 is 30.7. The molecule has 0 unspecified atom stereocenters. The second-order valence-electron chi connectivity index (χ2n) is 7.61. The lowest BCUT2D eigenvalue weighted by Gasteiger charge is -2.14. The second-order valence-corrected chi connectivity index (χ2v) is 7.61. The predicted molar refractivity (Wildman–Crippen MR) is 119 cm³/mol. The van der Waals surface area contributed by atoms with Crippen LogP contribution in [-0.2, 0) is 0 Å². The third kappa shape index (κ3) is 4.01. The third-order valence-electron chi connectivity index (χ3n) is 5.45. The summed E-state index contributed by atoms with van der Waals surface area (Å²) in [6, 6.07) is 18.0. The highest BCUT2D eigenvalue weighted by Gasteiger charge is 2.18. The van der Waals surface area contributed by atoms with Crippen molar-refractivity contribution in [2.24, 2.45) is 0 Å². The minimum atomic E-state index is -0.435. The van der Waals surface area contributed by atoms with Crippen molar-refractivity contribution >= 4 is 11.1 Å². The van der Waals surface area contributed by atoms with E-state index in [1.807, 2.05) is 36.4 Å². The van der Waals surface area contributed by atoms with Crippen LogP contribution in [0, 0.1) is 5.82 Å². The van der Waals surface area contributed by atoms with Gasteiger partial charge < -0.3 is 4.42 Å². The number of aromatic amines is 1. The molecule has 0 radical (unpaired) electrons. The first-order chi connectivity index (χ1) is 15.7. The molecule has 1 fully saturated rings. The Balaban J connectivity index is 0.000000383. The van der Waals surface area contributed by atoms with Crippen molar-refractivity contribution in [1.29, 1.82) is 0 Å². The smallest absolute Gasteiger partial charge is 0.230 e. The van der Waals surface area contributed by atoms with Crippen molar-refractivity contribution in [2.75, 3.05) is 0 Å². The van der Waals surface area contributed by atoms with E-state index in [0.29, 0.717) is 11.4 Å². The molecule has 0 spiro atoms. The molecule has 0 amide bonds. The maximum atomic E-state index is 13.3. The van der Waals surface area contributed by atoms with Crippen molar-refractivity contribution in [3.8, 4) is 33.8 Å². The molecule has 0 bridgehead atoms. The first-order valence-electron chi connectivity index (χ1n) is 10.4. The molecule has 5 aromatic rings. The fourth-order valence-corrected chi connectivity index (χ4v) is 3.48. The van der Waals surface area contributed by atoms with E-state index in [-0.39, 0.29) is 5.82 Å². The van der Waals surface area contributed by atoms with Crippen LogP contribution >= 0.6 is 0 Å². The molecule has 160 valence electrons. The lowest BCUT2D eigenvalue weighted by atomic mass is 9.98.